The number of aliphatic imine (C=N–C) groups is 1. The van der Waals surface area contributed by atoms with Crippen molar-refractivity contribution in [1.82, 2.24) is 4.90 Å². The normalized spacial score (nSPS) is 16.2. The van der Waals surface area contributed by atoms with Crippen molar-refractivity contribution in [2.75, 3.05) is 31.1 Å². The largest absolute Gasteiger partial charge is 0.462 e. The molecule has 1 saturated heterocycles. The van der Waals surface area contributed by atoms with E-state index < -0.39 is 0 Å². The first-order valence-electron chi connectivity index (χ1n) is 12.2. The summed E-state index contributed by atoms with van der Waals surface area (Å²) in [5, 5.41) is 0.758. The van der Waals surface area contributed by atoms with Crippen molar-refractivity contribution in [3.63, 3.8) is 0 Å². The molecule has 176 valence electrons. The van der Waals surface area contributed by atoms with E-state index in [1.54, 1.807) is 11.3 Å². The van der Waals surface area contributed by atoms with Gasteiger partial charge < -0.3 is 9.64 Å². The zero-order valence-corrected chi connectivity index (χ0v) is 20.5. The molecule has 0 amide bonds. The Hall–Kier alpha value is -2.96. The lowest BCUT2D eigenvalue weighted by Gasteiger charge is -2.27. The summed E-state index contributed by atoms with van der Waals surface area (Å²) in [4.78, 5) is 23.7. The van der Waals surface area contributed by atoms with Gasteiger partial charge in [0, 0.05) is 49.5 Å². The summed E-state index contributed by atoms with van der Waals surface area (Å²) in [6, 6.07) is 19.1. The number of rotatable bonds is 7. The van der Waals surface area contributed by atoms with Crippen molar-refractivity contribution >= 4 is 34.2 Å². The Morgan fingerprint density at radius 1 is 1.06 bits per heavy atom. The van der Waals surface area contributed by atoms with Crippen LogP contribution < -0.4 is 4.90 Å². The smallest absolute Gasteiger partial charge is 0.341 e. The zero-order valence-electron chi connectivity index (χ0n) is 19.7. The minimum Gasteiger partial charge on any atom is -0.462 e. The molecule has 0 radical (unpaired) electrons. The van der Waals surface area contributed by atoms with Crippen LogP contribution in [0.5, 0.6) is 0 Å². The van der Waals surface area contributed by atoms with Gasteiger partial charge in [0.15, 0.2) is 0 Å². The van der Waals surface area contributed by atoms with E-state index in [0.29, 0.717) is 12.2 Å². The molecule has 2 aliphatic rings. The van der Waals surface area contributed by atoms with Gasteiger partial charge in [0.25, 0.3) is 0 Å². The number of carbonyl (C=O) groups excluding carboxylic acids is 1. The number of nitrogens with zero attached hydrogens (tertiary/aromatic N) is 3. The van der Waals surface area contributed by atoms with Gasteiger partial charge in [0.2, 0.25) is 0 Å². The summed E-state index contributed by atoms with van der Waals surface area (Å²) in [5.41, 5.74) is 5.39. The molecular formula is C28H31N3O2S. The van der Waals surface area contributed by atoms with E-state index in [1.165, 1.54) is 29.0 Å². The first-order valence-corrected chi connectivity index (χ1v) is 13.0. The van der Waals surface area contributed by atoms with E-state index in [2.05, 4.69) is 58.3 Å². The topological polar surface area (TPSA) is 45.1 Å². The molecule has 5 rings (SSSR count). The molecule has 0 saturated carbocycles. The van der Waals surface area contributed by atoms with E-state index in [-0.39, 0.29) is 5.97 Å². The van der Waals surface area contributed by atoms with Crippen LogP contribution in [0.1, 0.15) is 51.7 Å². The molecule has 0 unspecified atom stereocenters. The van der Waals surface area contributed by atoms with Gasteiger partial charge in [-0.3, -0.25) is 4.90 Å². The predicted octanol–water partition coefficient (Wildman–Crippen LogP) is 5.83. The van der Waals surface area contributed by atoms with Crippen LogP contribution in [0.3, 0.4) is 0 Å². The van der Waals surface area contributed by atoms with E-state index in [0.717, 1.165) is 55.3 Å². The fourth-order valence-electron chi connectivity index (χ4n) is 4.80. The Labute approximate surface area is 205 Å². The molecule has 3 heterocycles. The van der Waals surface area contributed by atoms with Gasteiger partial charge in [-0.2, -0.15) is 0 Å². The summed E-state index contributed by atoms with van der Waals surface area (Å²) in [7, 11) is 0. The molecule has 0 bridgehead atoms. The maximum atomic E-state index is 12.9. The van der Waals surface area contributed by atoms with Gasteiger partial charge >= 0.3 is 5.97 Å². The molecule has 2 aromatic carbocycles. The number of benzene rings is 2. The highest BCUT2D eigenvalue weighted by molar-refractivity contribution is 7.16. The number of fused-ring (bicyclic) bond motifs is 1. The second kappa shape index (κ2) is 10.5. The van der Waals surface area contributed by atoms with Crippen LogP contribution in [0.2, 0.25) is 0 Å². The molecule has 0 N–H and O–H groups in total. The summed E-state index contributed by atoms with van der Waals surface area (Å²) in [5.74, 6) is -0.256. The molecule has 0 atom stereocenters. The molecular weight excluding hydrogens is 442 g/mol. The fourth-order valence-corrected chi connectivity index (χ4v) is 6.02. The zero-order chi connectivity index (χ0) is 23.3. The standard InChI is InChI=1S/C28H31N3O2S/c1-2-33-28(32)26-24-14-17-30(19-22-8-4-3-5-9-22)20-25(24)34-27(26)29-18-21-10-12-23(13-11-21)31-15-6-7-16-31/h3-5,8-13,18H,2,6-7,14-17,19-20H2,1H3. The highest BCUT2D eigenvalue weighted by Crippen LogP contribution is 2.39. The molecule has 2 aliphatic heterocycles. The van der Waals surface area contributed by atoms with E-state index in [4.69, 9.17) is 9.73 Å². The summed E-state index contributed by atoms with van der Waals surface area (Å²) >= 11 is 1.62. The molecule has 1 aromatic heterocycles. The molecule has 0 aliphatic carbocycles. The monoisotopic (exact) mass is 473 g/mol. The fraction of sp³-hybridized carbons (Fsp3) is 0.357. The first-order chi connectivity index (χ1) is 16.7. The second-order valence-corrected chi connectivity index (χ2v) is 9.98. The molecule has 6 heteroatoms. The van der Waals surface area contributed by atoms with Crippen molar-refractivity contribution < 1.29 is 9.53 Å². The lowest BCUT2D eigenvalue weighted by atomic mass is 10.0. The van der Waals surface area contributed by atoms with Crippen LogP contribution in [0.4, 0.5) is 10.7 Å². The van der Waals surface area contributed by atoms with Gasteiger partial charge in [0.05, 0.1) is 12.2 Å². The number of anilines is 1. The average molecular weight is 474 g/mol. The SMILES string of the molecule is CCOC(=O)c1c(N=Cc2ccc(N3CCCC3)cc2)sc2c1CCN(Cc1ccccc1)C2. The maximum Gasteiger partial charge on any atom is 0.341 e. The third-order valence-corrected chi connectivity index (χ3v) is 7.67. The maximum absolute atomic E-state index is 12.9. The van der Waals surface area contributed by atoms with Crippen molar-refractivity contribution in [2.24, 2.45) is 4.99 Å². The molecule has 34 heavy (non-hydrogen) atoms. The lowest BCUT2D eigenvalue weighted by molar-refractivity contribution is 0.0526. The van der Waals surface area contributed by atoms with E-state index in [1.807, 2.05) is 19.2 Å². The van der Waals surface area contributed by atoms with Crippen LogP contribution in [0.25, 0.3) is 0 Å². The van der Waals surface area contributed by atoms with Gasteiger partial charge in [-0.05, 0) is 55.0 Å². The number of ether oxygens (including phenoxy) is 1. The molecule has 0 spiro atoms. The van der Waals surface area contributed by atoms with Crippen molar-refractivity contribution in [2.45, 2.75) is 39.3 Å². The van der Waals surface area contributed by atoms with Crippen molar-refractivity contribution in [3.8, 4) is 0 Å². The Morgan fingerprint density at radius 2 is 1.82 bits per heavy atom. The van der Waals surface area contributed by atoms with Gasteiger partial charge in [0.1, 0.15) is 5.00 Å². The van der Waals surface area contributed by atoms with Crippen molar-refractivity contribution in [1.29, 1.82) is 0 Å². The highest BCUT2D eigenvalue weighted by atomic mass is 32.1. The molecule has 3 aromatic rings. The number of hydrogen-bond donors (Lipinski definition) is 0. The first kappa shape index (κ1) is 22.8. The molecule has 1 fully saturated rings. The third-order valence-electron chi connectivity index (χ3n) is 6.54. The van der Waals surface area contributed by atoms with Crippen LogP contribution >= 0.6 is 11.3 Å². The predicted molar refractivity (Wildman–Crippen MR) is 140 cm³/mol. The quantitative estimate of drug-likeness (QED) is 0.320. The molecule has 5 nitrogen and oxygen atoms in total. The number of thiophene rings is 1. The summed E-state index contributed by atoms with van der Waals surface area (Å²) in [6.07, 6.45) is 5.25. The highest BCUT2D eigenvalue weighted by Gasteiger charge is 2.28. The van der Waals surface area contributed by atoms with Crippen molar-refractivity contribution in [3.05, 3.63) is 81.7 Å². The van der Waals surface area contributed by atoms with E-state index >= 15 is 0 Å². The van der Waals surface area contributed by atoms with Gasteiger partial charge in [-0.1, -0.05) is 42.5 Å². The van der Waals surface area contributed by atoms with E-state index in [9.17, 15) is 4.79 Å². The number of esters is 1. The minimum absolute atomic E-state index is 0.256. The van der Waals surface area contributed by atoms with Crippen LogP contribution in [0, 0.1) is 0 Å². The average Bonchev–Trinajstić information content (AvgIpc) is 3.52. The van der Waals surface area contributed by atoms with Crippen LogP contribution in [-0.4, -0.2) is 43.3 Å². The number of hydrogen-bond acceptors (Lipinski definition) is 6. The Morgan fingerprint density at radius 3 is 2.56 bits per heavy atom. The van der Waals surface area contributed by atoms with Crippen LogP contribution in [0.15, 0.2) is 59.6 Å². The van der Waals surface area contributed by atoms with Crippen LogP contribution in [-0.2, 0) is 24.2 Å². The Balaban J connectivity index is 1.36. The second-order valence-electron chi connectivity index (χ2n) is 8.89. The third kappa shape index (κ3) is 5.08. The minimum atomic E-state index is -0.256. The Kier molecular flexibility index (Phi) is 7.07. The Bertz CT molecular complexity index is 1150. The van der Waals surface area contributed by atoms with Gasteiger partial charge in [-0.25, -0.2) is 9.79 Å². The number of carbonyl (C=O) groups is 1. The van der Waals surface area contributed by atoms with Gasteiger partial charge in [-0.15, -0.1) is 11.3 Å². The summed E-state index contributed by atoms with van der Waals surface area (Å²) < 4.78 is 5.41. The lowest BCUT2D eigenvalue weighted by Crippen LogP contribution is -2.29. The summed E-state index contributed by atoms with van der Waals surface area (Å²) in [6.45, 7) is 7.16.